The molecule has 0 saturated heterocycles. The van der Waals surface area contributed by atoms with Crippen LogP contribution in [0.1, 0.15) is 24.0 Å². The first-order valence-corrected chi connectivity index (χ1v) is 6.66. The van der Waals surface area contributed by atoms with Crippen LogP contribution < -0.4 is 0 Å². The van der Waals surface area contributed by atoms with E-state index in [1.807, 2.05) is 6.20 Å². The van der Waals surface area contributed by atoms with Crippen molar-refractivity contribution < 1.29 is 0 Å². The quantitative estimate of drug-likeness (QED) is 0.822. The van der Waals surface area contributed by atoms with Crippen molar-refractivity contribution in [3.63, 3.8) is 0 Å². The minimum Gasteiger partial charge on any atom is -0.329 e. The minimum absolute atomic E-state index is 0.986. The highest BCUT2D eigenvalue weighted by atomic mass is 15.2. The molecule has 3 nitrogen and oxygen atoms in total. The van der Waals surface area contributed by atoms with Gasteiger partial charge in [0.2, 0.25) is 0 Å². The average molecular weight is 241 g/mol. The van der Waals surface area contributed by atoms with E-state index in [0.717, 1.165) is 32.6 Å². The van der Waals surface area contributed by atoms with Crippen molar-refractivity contribution in [1.29, 1.82) is 0 Å². The van der Waals surface area contributed by atoms with Crippen LogP contribution in [0.4, 0.5) is 0 Å². The highest BCUT2D eigenvalue weighted by Gasteiger charge is 2.18. The monoisotopic (exact) mass is 241 g/mol. The maximum atomic E-state index is 4.57. The van der Waals surface area contributed by atoms with E-state index in [-0.39, 0.29) is 0 Å². The SMILES string of the molecule is CCN1CCn2c(Cc3ccccc3)cnc2C1. The van der Waals surface area contributed by atoms with Crippen LogP contribution in [0.5, 0.6) is 0 Å². The van der Waals surface area contributed by atoms with E-state index < -0.39 is 0 Å². The van der Waals surface area contributed by atoms with E-state index in [1.165, 1.54) is 17.1 Å². The summed E-state index contributed by atoms with van der Waals surface area (Å²) < 4.78 is 2.39. The van der Waals surface area contributed by atoms with Gasteiger partial charge in [-0.1, -0.05) is 37.3 Å². The highest BCUT2D eigenvalue weighted by molar-refractivity contribution is 5.22. The standard InChI is InChI=1S/C15H19N3/c1-2-17-8-9-18-14(11-16-15(18)12-17)10-13-6-4-3-5-7-13/h3-7,11H,2,8-10,12H2,1H3. The third-order valence-corrected chi connectivity index (χ3v) is 3.70. The van der Waals surface area contributed by atoms with E-state index in [4.69, 9.17) is 0 Å². The van der Waals surface area contributed by atoms with Gasteiger partial charge < -0.3 is 4.57 Å². The summed E-state index contributed by atoms with van der Waals surface area (Å²) in [7, 11) is 0. The molecule has 0 unspecified atom stereocenters. The normalized spacial score (nSPS) is 15.6. The first-order chi connectivity index (χ1) is 8.86. The zero-order chi connectivity index (χ0) is 12.4. The average Bonchev–Trinajstić information content (AvgIpc) is 2.82. The molecule has 1 aliphatic rings. The molecule has 0 aliphatic carbocycles. The van der Waals surface area contributed by atoms with E-state index in [0.29, 0.717) is 0 Å². The van der Waals surface area contributed by atoms with Crippen LogP contribution in [0.2, 0.25) is 0 Å². The lowest BCUT2D eigenvalue weighted by molar-refractivity contribution is 0.226. The largest absolute Gasteiger partial charge is 0.329 e. The van der Waals surface area contributed by atoms with E-state index in [9.17, 15) is 0 Å². The zero-order valence-corrected chi connectivity index (χ0v) is 10.8. The summed E-state index contributed by atoms with van der Waals surface area (Å²) in [6, 6.07) is 10.6. The summed E-state index contributed by atoms with van der Waals surface area (Å²) in [5, 5.41) is 0. The summed E-state index contributed by atoms with van der Waals surface area (Å²) in [5.74, 6) is 1.22. The molecule has 3 heteroatoms. The van der Waals surface area contributed by atoms with Crippen molar-refractivity contribution in [2.24, 2.45) is 0 Å². The Morgan fingerprint density at radius 3 is 2.78 bits per heavy atom. The number of nitrogens with zero attached hydrogens (tertiary/aromatic N) is 3. The Bertz CT molecular complexity index is 516. The fraction of sp³-hybridized carbons (Fsp3) is 0.400. The third kappa shape index (κ3) is 2.18. The summed E-state index contributed by atoms with van der Waals surface area (Å²) in [6.07, 6.45) is 3.03. The predicted octanol–water partition coefficient (Wildman–Crippen LogP) is 2.31. The molecule has 0 fully saturated rings. The number of rotatable bonds is 3. The van der Waals surface area contributed by atoms with Gasteiger partial charge in [0.15, 0.2) is 0 Å². The maximum Gasteiger partial charge on any atom is 0.123 e. The molecular formula is C15H19N3. The molecule has 0 amide bonds. The molecule has 1 aromatic heterocycles. The van der Waals surface area contributed by atoms with Crippen molar-refractivity contribution in [1.82, 2.24) is 14.5 Å². The summed E-state index contributed by atoms with van der Waals surface area (Å²) in [4.78, 5) is 7.01. The van der Waals surface area contributed by atoms with Gasteiger partial charge in [-0.05, 0) is 12.1 Å². The lowest BCUT2D eigenvalue weighted by Crippen LogP contribution is -2.34. The fourth-order valence-corrected chi connectivity index (χ4v) is 2.59. The van der Waals surface area contributed by atoms with Gasteiger partial charge in [-0.25, -0.2) is 4.98 Å². The van der Waals surface area contributed by atoms with Gasteiger partial charge in [0, 0.05) is 31.4 Å². The number of benzene rings is 1. The molecule has 2 heterocycles. The number of hydrogen-bond donors (Lipinski definition) is 0. The Balaban J connectivity index is 1.81. The minimum atomic E-state index is 0.986. The topological polar surface area (TPSA) is 21.1 Å². The van der Waals surface area contributed by atoms with Gasteiger partial charge in [0.25, 0.3) is 0 Å². The van der Waals surface area contributed by atoms with Gasteiger partial charge in [0.05, 0.1) is 6.54 Å². The zero-order valence-electron chi connectivity index (χ0n) is 10.8. The van der Waals surface area contributed by atoms with Crippen molar-refractivity contribution in [3.05, 3.63) is 53.6 Å². The Kier molecular flexibility index (Phi) is 3.15. The molecule has 0 bridgehead atoms. The number of imidazole rings is 1. The number of likely N-dealkylation sites (N-methyl/N-ethyl adjacent to an activating group) is 1. The van der Waals surface area contributed by atoms with Crippen molar-refractivity contribution in [2.75, 3.05) is 13.1 Å². The van der Waals surface area contributed by atoms with Crippen molar-refractivity contribution in [3.8, 4) is 0 Å². The van der Waals surface area contributed by atoms with E-state index in [2.05, 4.69) is 51.7 Å². The molecule has 0 N–H and O–H groups in total. The third-order valence-electron chi connectivity index (χ3n) is 3.70. The molecule has 94 valence electrons. The van der Waals surface area contributed by atoms with Crippen LogP contribution in [0.15, 0.2) is 36.5 Å². The maximum absolute atomic E-state index is 4.57. The number of hydrogen-bond acceptors (Lipinski definition) is 2. The molecule has 2 aromatic rings. The lowest BCUT2D eigenvalue weighted by atomic mass is 10.1. The van der Waals surface area contributed by atoms with Crippen LogP contribution in [-0.2, 0) is 19.5 Å². The van der Waals surface area contributed by atoms with Gasteiger partial charge in [-0.15, -0.1) is 0 Å². The highest BCUT2D eigenvalue weighted by Crippen LogP contribution is 2.16. The Labute approximate surface area is 108 Å². The first-order valence-electron chi connectivity index (χ1n) is 6.66. The lowest BCUT2D eigenvalue weighted by Gasteiger charge is -2.27. The second-order valence-corrected chi connectivity index (χ2v) is 4.85. The Morgan fingerprint density at radius 1 is 1.17 bits per heavy atom. The van der Waals surface area contributed by atoms with Crippen molar-refractivity contribution in [2.45, 2.75) is 26.4 Å². The predicted molar refractivity (Wildman–Crippen MR) is 72.4 cm³/mol. The van der Waals surface area contributed by atoms with E-state index in [1.54, 1.807) is 0 Å². The first kappa shape index (κ1) is 11.5. The van der Waals surface area contributed by atoms with Gasteiger partial charge >= 0.3 is 0 Å². The van der Waals surface area contributed by atoms with Crippen LogP contribution in [0.3, 0.4) is 0 Å². The molecule has 18 heavy (non-hydrogen) atoms. The molecule has 0 spiro atoms. The summed E-state index contributed by atoms with van der Waals surface area (Å²) in [5.41, 5.74) is 2.70. The fourth-order valence-electron chi connectivity index (χ4n) is 2.59. The van der Waals surface area contributed by atoms with Gasteiger partial charge in [0.1, 0.15) is 5.82 Å². The van der Waals surface area contributed by atoms with Crippen LogP contribution >= 0.6 is 0 Å². The van der Waals surface area contributed by atoms with Crippen LogP contribution in [0.25, 0.3) is 0 Å². The van der Waals surface area contributed by atoms with Crippen LogP contribution in [-0.4, -0.2) is 27.5 Å². The Morgan fingerprint density at radius 2 is 2.00 bits per heavy atom. The van der Waals surface area contributed by atoms with Crippen LogP contribution in [0, 0.1) is 0 Å². The van der Waals surface area contributed by atoms with Crippen molar-refractivity contribution >= 4 is 0 Å². The van der Waals surface area contributed by atoms with Gasteiger partial charge in [-0.3, -0.25) is 4.90 Å². The second kappa shape index (κ2) is 4.94. The van der Waals surface area contributed by atoms with E-state index >= 15 is 0 Å². The Hall–Kier alpha value is -1.61. The summed E-state index contributed by atoms with van der Waals surface area (Å²) in [6.45, 7) is 6.53. The smallest absolute Gasteiger partial charge is 0.123 e. The molecule has 0 saturated carbocycles. The molecule has 0 radical (unpaired) electrons. The molecule has 1 aliphatic heterocycles. The number of aromatic nitrogens is 2. The second-order valence-electron chi connectivity index (χ2n) is 4.85. The molecule has 3 rings (SSSR count). The molecular weight excluding hydrogens is 222 g/mol. The molecule has 1 aromatic carbocycles. The van der Waals surface area contributed by atoms with Gasteiger partial charge in [-0.2, -0.15) is 0 Å². The molecule has 0 atom stereocenters. The number of fused-ring (bicyclic) bond motifs is 1. The summed E-state index contributed by atoms with van der Waals surface area (Å²) >= 11 is 0.